The highest BCUT2D eigenvalue weighted by Crippen LogP contribution is 2.33. The van der Waals surface area contributed by atoms with Crippen LogP contribution >= 0.6 is 0 Å². The summed E-state index contributed by atoms with van der Waals surface area (Å²) in [6.45, 7) is 3.23. The van der Waals surface area contributed by atoms with Crippen LogP contribution in [0.5, 0.6) is 23.0 Å². The Kier molecular flexibility index (Phi) is 8.31. The molecule has 0 aromatic heterocycles. The van der Waals surface area contributed by atoms with Gasteiger partial charge in [0.1, 0.15) is 18.0 Å². The number of sulfonamides is 1. The van der Waals surface area contributed by atoms with Crippen molar-refractivity contribution >= 4 is 27.3 Å². The highest BCUT2D eigenvalue weighted by Gasteiger charge is 2.29. The fourth-order valence-corrected chi connectivity index (χ4v) is 5.17. The lowest BCUT2D eigenvalue weighted by atomic mass is 10.1. The number of nitrogens with one attached hydrogen (secondary N) is 1. The summed E-state index contributed by atoms with van der Waals surface area (Å²) in [4.78, 5) is 13.1. The fraction of sp³-hybridized carbons (Fsp3) is 0.269. The maximum atomic E-state index is 13.8. The lowest BCUT2D eigenvalue weighted by molar-refractivity contribution is -0.114. The zero-order valence-electron chi connectivity index (χ0n) is 21.1. The van der Waals surface area contributed by atoms with E-state index >= 15 is 0 Å². The van der Waals surface area contributed by atoms with E-state index in [1.54, 1.807) is 30.3 Å². The first-order valence-electron chi connectivity index (χ1n) is 11.0. The van der Waals surface area contributed by atoms with Gasteiger partial charge in [0.15, 0.2) is 11.5 Å². The van der Waals surface area contributed by atoms with Gasteiger partial charge in [-0.1, -0.05) is 6.07 Å². The highest BCUT2D eigenvalue weighted by atomic mass is 32.2. The molecule has 3 rings (SSSR count). The summed E-state index contributed by atoms with van der Waals surface area (Å²) in [6.07, 6.45) is 0. The van der Waals surface area contributed by atoms with E-state index in [0.29, 0.717) is 28.6 Å². The first-order valence-corrected chi connectivity index (χ1v) is 12.4. The third-order valence-corrected chi connectivity index (χ3v) is 7.18. The second-order valence-corrected chi connectivity index (χ2v) is 9.85. The zero-order chi connectivity index (χ0) is 26.5. The number of amides is 1. The van der Waals surface area contributed by atoms with Gasteiger partial charge in [-0.2, -0.15) is 0 Å². The Morgan fingerprint density at radius 3 is 1.97 bits per heavy atom. The van der Waals surface area contributed by atoms with Crippen molar-refractivity contribution in [2.24, 2.45) is 0 Å². The van der Waals surface area contributed by atoms with Crippen molar-refractivity contribution in [1.29, 1.82) is 0 Å². The maximum absolute atomic E-state index is 13.8. The summed E-state index contributed by atoms with van der Waals surface area (Å²) >= 11 is 0. The van der Waals surface area contributed by atoms with Gasteiger partial charge in [0.05, 0.1) is 44.7 Å². The molecule has 0 radical (unpaired) electrons. The molecule has 1 N–H and O–H groups in total. The van der Waals surface area contributed by atoms with Crippen LogP contribution < -0.4 is 28.6 Å². The normalized spacial score (nSPS) is 10.9. The van der Waals surface area contributed by atoms with Crippen LogP contribution in [0, 0.1) is 13.8 Å². The molecule has 1 amide bonds. The van der Waals surface area contributed by atoms with Crippen molar-refractivity contribution in [2.45, 2.75) is 18.7 Å². The number of methoxy groups -OCH3 is 4. The summed E-state index contributed by atoms with van der Waals surface area (Å²) in [5.74, 6) is 0.992. The molecule has 0 unspecified atom stereocenters. The van der Waals surface area contributed by atoms with E-state index in [2.05, 4.69) is 5.32 Å². The largest absolute Gasteiger partial charge is 0.497 e. The van der Waals surface area contributed by atoms with Gasteiger partial charge >= 0.3 is 0 Å². The van der Waals surface area contributed by atoms with Crippen LogP contribution in [0.3, 0.4) is 0 Å². The van der Waals surface area contributed by atoms with E-state index in [0.717, 1.165) is 15.4 Å². The van der Waals surface area contributed by atoms with Crippen molar-refractivity contribution in [3.63, 3.8) is 0 Å². The van der Waals surface area contributed by atoms with Gasteiger partial charge in [0, 0.05) is 12.1 Å². The molecule has 0 fully saturated rings. The van der Waals surface area contributed by atoms with Crippen molar-refractivity contribution in [3.8, 4) is 23.0 Å². The number of aryl methyl sites for hydroxylation is 2. The average molecular weight is 515 g/mol. The molecule has 10 heteroatoms. The number of benzene rings is 3. The summed E-state index contributed by atoms with van der Waals surface area (Å²) in [5, 5.41) is 2.74. The minimum absolute atomic E-state index is 0.0499. The number of nitrogens with zero attached hydrogens (tertiary/aromatic N) is 1. The molecular weight excluding hydrogens is 484 g/mol. The topological polar surface area (TPSA) is 103 Å². The molecule has 0 atom stereocenters. The molecule has 192 valence electrons. The minimum atomic E-state index is -4.18. The first kappa shape index (κ1) is 26.7. The van der Waals surface area contributed by atoms with Gasteiger partial charge in [0.2, 0.25) is 5.91 Å². The molecule has 0 spiro atoms. The van der Waals surface area contributed by atoms with Gasteiger partial charge in [-0.25, -0.2) is 8.42 Å². The maximum Gasteiger partial charge on any atom is 0.264 e. The number of hydrogen-bond acceptors (Lipinski definition) is 7. The molecule has 36 heavy (non-hydrogen) atoms. The van der Waals surface area contributed by atoms with Gasteiger partial charge in [-0.05, 0) is 61.4 Å². The summed E-state index contributed by atoms with van der Waals surface area (Å²) < 4.78 is 49.8. The zero-order valence-corrected chi connectivity index (χ0v) is 21.9. The molecule has 0 aliphatic rings. The van der Waals surface area contributed by atoms with Crippen LogP contribution in [0.1, 0.15) is 11.1 Å². The Morgan fingerprint density at radius 2 is 1.39 bits per heavy atom. The van der Waals surface area contributed by atoms with Crippen molar-refractivity contribution in [3.05, 3.63) is 65.7 Å². The number of rotatable bonds is 10. The Labute approximate surface area is 211 Å². The number of anilines is 2. The quantitative estimate of drug-likeness (QED) is 0.433. The van der Waals surface area contributed by atoms with Gasteiger partial charge in [0.25, 0.3) is 10.0 Å². The predicted octanol–water partition coefficient (Wildman–Crippen LogP) is 4.17. The SMILES string of the molecule is COc1ccc(OC)c(NC(=O)CN(c2cc(C)cc(C)c2)S(=O)(=O)c2ccc(OC)c(OC)c2)c1. The monoisotopic (exact) mass is 514 g/mol. The predicted molar refractivity (Wildman–Crippen MR) is 138 cm³/mol. The van der Waals surface area contributed by atoms with E-state index in [-0.39, 0.29) is 10.6 Å². The van der Waals surface area contributed by atoms with E-state index in [1.165, 1.54) is 46.6 Å². The highest BCUT2D eigenvalue weighted by molar-refractivity contribution is 7.92. The van der Waals surface area contributed by atoms with Crippen molar-refractivity contribution in [1.82, 2.24) is 0 Å². The molecule has 3 aromatic carbocycles. The van der Waals surface area contributed by atoms with Crippen molar-refractivity contribution in [2.75, 3.05) is 44.6 Å². The third kappa shape index (κ3) is 5.83. The first-order chi connectivity index (χ1) is 17.1. The van der Waals surface area contributed by atoms with Crippen LogP contribution in [0.15, 0.2) is 59.5 Å². The number of carbonyl (C=O) groups is 1. The molecule has 9 nitrogen and oxygen atoms in total. The molecule has 0 saturated carbocycles. The van der Waals surface area contributed by atoms with Crippen LogP contribution in [-0.4, -0.2) is 49.3 Å². The summed E-state index contributed by atoms with van der Waals surface area (Å²) in [6, 6.07) is 14.6. The Balaban J connectivity index is 2.05. The summed E-state index contributed by atoms with van der Waals surface area (Å²) in [5.41, 5.74) is 2.42. The standard InChI is InChI=1S/C26H30N2O7S/c1-17-11-18(2)13-19(12-17)28(36(30,31)21-8-10-24(34-5)25(15-21)35-6)16-26(29)27-22-14-20(32-3)7-9-23(22)33-4/h7-15H,16H2,1-6H3,(H,27,29). The number of ether oxygens (including phenoxy) is 4. The summed E-state index contributed by atoms with van der Waals surface area (Å²) in [7, 11) is 1.68. The molecule has 0 bridgehead atoms. The van der Waals surface area contributed by atoms with Gasteiger partial charge in [-0.15, -0.1) is 0 Å². The van der Waals surface area contributed by atoms with Crippen LogP contribution in [0.25, 0.3) is 0 Å². The molecular formula is C26H30N2O7S. The smallest absolute Gasteiger partial charge is 0.264 e. The molecule has 0 aliphatic heterocycles. The van der Waals surface area contributed by atoms with Crippen molar-refractivity contribution < 1.29 is 32.2 Å². The van der Waals surface area contributed by atoms with Crippen LogP contribution in [-0.2, 0) is 14.8 Å². The molecule has 3 aromatic rings. The number of carbonyl (C=O) groups excluding carboxylic acids is 1. The van der Waals surface area contributed by atoms with E-state index < -0.39 is 22.5 Å². The van der Waals surface area contributed by atoms with Gasteiger partial charge in [-0.3, -0.25) is 9.10 Å². The Bertz CT molecular complexity index is 1340. The van der Waals surface area contributed by atoms with Gasteiger partial charge < -0.3 is 24.3 Å². The Morgan fingerprint density at radius 1 is 0.778 bits per heavy atom. The van der Waals surface area contributed by atoms with E-state index in [1.807, 2.05) is 19.9 Å². The van der Waals surface area contributed by atoms with E-state index in [4.69, 9.17) is 18.9 Å². The lowest BCUT2D eigenvalue weighted by Crippen LogP contribution is -2.38. The molecule has 0 aliphatic carbocycles. The molecule has 0 heterocycles. The Hall–Kier alpha value is -3.92. The second-order valence-electron chi connectivity index (χ2n) is 7.99. The van der Waals surface area contributed by atoms with Crippen LogP contribution in [0.2, 0.25) is 0 Å². The number of hydrogen-bond donors (Lipinski definition) is 1. The van der Waals surface area contributed by atoms with Crippen LogP contribution in [0.4, 0.5) is 11.4 Å². The fourth-order valence-electron chi connectivity index (χ4n) is 3.75. The lowest BCUT2D eigenvalue weighted by Gasteiger charge is -2.25. The van der Waals surface area contributed by atoms with E-state index in [9.17, 15) is 13.2 Å². The third-order valence-electron chi connectivity index (χ3n) is 5.41. The minimum Gasteiger partial charge on any atom is -0.497 e. The average Bonchev–Trinajstić information content (AvgIpc) is 2.85. The molecule has 0 saturated heterocycles. The second kappa shape index (κ2) is 11.2.